The van der Waals surface area contributed by atoms with Gasteiger partial charge in [-0.2, -0.15) is 0 Å². The molecule has 0 aliphatic heterocycles. The van der Waals surface area contributed by atoms with Crippen LogP contribution in [0.5, 0.6) is 0 Å². The van der Waals surface area contributed by atoms with E-state index in [-0.39, 0.29) is 16.5 Å². The zero-order chi connectivity index (χ0) is 15.4. The first kappa shape index (κ1) is 14.5. The van der Waals surface area contributed by atoms with Gasteiger partial charge in [0.15, 0.2) is 5.78 Å². The minimum atomic E-state index is -0.547. The second-order valence-corrected chi connectivity index (χ2v) is 4.87. The van der Waals surface area contributed by atoms with Crippen molar-refractivity contribution >= 4 is 33.9 Å². The van der Waals surface area contributed by atoms with Gasteiger partial charge in [-0.05, 0) is 29.8 Å². The molecule has 0 aliphatic carbocycles. The average molecular weight is 304 g/mol. The van der Waals surface area contributed by atoms with E-state index in [4.69, 9.17) is 0 Å². The van der Waals surface area contributed by atoms with Gasteiger partial charge < -0.3 is 0 Å². The summed E-state index contributed by atoms with van der Waals surface area (Å²) in [7, 11) is 0. The Hall–Kier alpha value is -2.87. The van der Waals surface area contributed by atoms with E-state index in [0.717, 1.165) is 11.3 Å². The van der Waals surface area contributed by atoms with Crippen LogP contribution < -0.4 is 0 Å². The summed E-state index contributed by atoms with van der Waals surface area (Å²) in [5, 5.41) is 22.6. The molecule has 106 valence electrons. The minimum Gasteiger partial charge on any atom is -0.289 e. The number of thiophene rings is 1. The Morgan fingerprint density at radius 3 is 2.29 bits per heavy atom. The Labute approximate surface area is 122 Å². The smallest absolute Gasteiger partial charge is 0.289 e. The van der Waals surface area contributed by atoms with E-state index in [9.17, 15) is 25.0 Å². The Balaban J connectivity index is 2.11. The molecule has 0 bridgehead atoms. The van der Waals surface area contributed by atoms with Crippen LogP contribution in [0.3, 0.4) is 0 Å². The predicted molar refractivity (Wildman–Crippen MR) is 77.4 cm³/mol. The number of allylic oxidation sites excluding steroid dienone is 1. The highest BCUT2D eigenvalue weighted by Gasteiger charge is 2.09. The molecule has 1 heterocycles. The monoisotopic (exact) mass is 304 g/mol. The number of carbonyl (C=O) groups excluding carboxylic acids is 1. The first-order valence-corrected chi connectivity index (χ1v) is 6.55. The van der Waals surface area contributed by atoms with Gasteiger partial charge in [-0.25, -0.2) is 0 Å². The number of carbonyl (C=O) groups is 1. The van der Waals surface area contributed by atoms with Crippen molar-refractivity contribution in [3.63, 3.8) is 0 Å². The number of ketones is 1. The second kappa shape index (κ2) is 6.06. The standard InChI is InChI=1S/C13H8N2O5S/c16-12(10-2-4-11(5-3-10)14(17)18)6-1-9-7-13(15(19)20)21-8-9/h1-8H/b6-1+. The quantitative estimate of drug-likeness (QED) is 0.364. The summed E-state index contributed by atoms with van der Waals surface area (Å²) < 4.78 is 0. The van der Waals surface area contributed by atoms with Crippen LogP contribution in [-0.4, -0.2) is 15.6 Å². The van der Waals surface area contributed by atoms with E-state index in [1.165, 1.54) is 42.5 Å². The molecule has 0 amide bonds. The molecule has 2 aromatic rings. The summed E-state index contributed by atoms with van der Waals surface area (Å²) in [6, 6.07) is 6.58. The van der Waals surface area contributed by atoms with Crippen LogP contribution in [0.1, 0.15) is 15.9 Å². The summed E-state index contributed by atoms with van der Waals surface area (Å²) in [5.74, 6) is -0.334. The molecule has 0 spiro atoms. The number of benzene rings is 1. The molecule has 0 saturated carbocycles. The Morgan fingerprint density at radius 2 is 1.76 bits per heavy atom. The molecule has 1 aromatic carbocycles. The van der Waals surface area contributed by atoms with Crippen molar-refractivity contribution in [1.82, 2.24) is 0 Å². The molecular weight excluding hydrogens is 296 g/mol. The van der Waals surface area contributed by atoms with Crippen LogP contribution in [0.15, 0.2) is 41.8 Å². The van der Waals surface area contributed by atoms with Gasteiger partial charge in [0, 0.05) is 29.1 Å². The highest BCUT2D eigenvalue weighted by molar-refractivity contribution is 7.13. The van der Waals surface area contributed by atoms with Crippen LogP contribution in [-0.2, 0) is 0 Å². The molecule has 8 heteroatoms. The summed E-state index contributed by atoms with van der Waals surface area (Å²) in [6.45, 7) is 0. The lowest BCUT2D eigenvalue weighted by Crippen LogP contribution is -1.95. The molecule has 0 unspecified atom stereocenters. The third kappa shape index (κ3) is 3.57. The maximum absolute atomic E-state index is 11.9. The lowest BCUT2D eigenvalue weighted by molar-refractivity contribution is -0.384. The van der Waals surface area contributed by atoms with Crippen molar-refractivity contribution in [3.05, 3.63) is 73.1 Å². The van der Waals surface area contributed by atoms with Crippen molar-refractivity contribution in [2.45, 2.75) is 0 Å². The van der Waals surface area contributed by atoms with Gasteiger partial charge in [0.2, 0.25) is 0 Å². The van der Waals surface area contributed by atoms with E-state index < -0.39 is 9.85 Å². The molecule has 0 aliphatic rings. The molecule has 21 heavy (non-hydrogen) atoms. The number of nitrogens with zero attached hydrogens (tertiary/aromatic N) is 2. The summed E-state index contributed by atoms with van der Waals surface area (Å²) in [5.41, 5.74) is 0.771. The molecule has 0 N–H and O–H groups in total. The predicted octanol–water partition coefficient (Wildman–Crippen LogP) is 3.46. The van der Waals surface area contributed by atoms with E-state index >= 15 is 0 Å². The zero-order valence-corrected chi connectivity index (χ0v) is 11.3. The average Bonchev–Trinajstić information content (AvgIpc) is 2.94. The number of hydrogen-bond donors (Lipinski definition) is 0. The fraction of sp³-hybridized carbons (Fsp3) is 0. The van der Waals surface area contributed by atoms with Crippen molar-refractivity contribution in [1.29, 1.82) is 0 Å². The number of nitro benzene ring substituents is 1. The van der Waals surface area contributed by atoms with Crippen LogP contribution in [0.25, 0.3) is 6.08 Å². The molecular formula is C13H8N2O5S. The number of nitro groups is 2. The summed E-state index contributed by atoms with van der Waals surface area (Å²) in [4.78, 5) is 31.8. The summed E-state index contributed by atoms with van der Waals surface area (Å²) >= 11 is 0.974. The van der Waals surface area contributed by atoms with Gasteiger partial charge in [0.1, 0.15) is 0 Å². The fourth-order valence-electron chi connectivity index (χ4n) is 1.54. The molecule has 0 fully saturated rings. The van der Waals surface area contributed by atoms with Crippen molar-refractivity contribution in [2.24, 2.45) is 0 Å². The normalized spacial score (nSPS) is 10.7. The largest absolute Gasteiger partial charge is 0.324 e. The minimum absolute atomic E-state index is 0.00238. The molecule has 0 saturated heterocycles. The van der Waals surface area contributed by atoms with Gasteiger partial charge in [-0.15, -0.1) is 0 Å². The van der Waals surface area contributed by atoms with Gasteiger partial charge >= 0.3 is 5.00 Å². The van der Waals surface area contributed by atoms with E-state index in [0.29, 0.717) is 11.1 Å². The topological polar surface area (TPSA) is 103 Å². The van der Waals surface area contributed by atoms with Gasteiger partial charge in [-0.1, -0.05) is 11.3 Å². The maximum atomic E-state index is 11.9. The Bertz CT molecular complexity index is 733. The van der Waals surface area contributed by atoms with Crippen LogP contribution in [0, 0.1) is 20.2 Å². The first-order chi connectivity index (χ1) is 9.97. The number of hydrogen-bond acceptors (Lipinski definition) is 6. The van der Waals surface area contributed by atoms with Gasteiger partial charge in [0.25, 0.3) is 5.69 Å². The number of non-ortho nitro benzene ring substituents is 1. The van der Waals surface area contributed by atoms with Crippen molar-refractivity contribution < 1.29 is 14.6 Å². The lowest BCUT2D eigenvalue weighted by Gasteiger charge is -1.95. The molecule has 1 aromatic heterocycles. The summed E-state index contributed by atoms with van der Waals surface area (Å²) in [6.07, 6.45) is 2.74. The molecule has 7 nitrogen and oxygen atoms in total. The molecule has 2 rings (SSSR count). The zero-order valence-electron chi connectivity index (χ0n) is 10.5. The lowest BCUT2D eigenvalue weighted by atomic mass is 10.1. The Kier molecular flexibility index (Phi) is 4.19. The second-order valence-electron chi connectivity index (χ2n) is 3.98. The van der Waals surface area contributed by atoms with Crippen LogP contribution >= 0.6 is 11.3 Å². The highest BCUT2D eigenvalue weighted by atomic mass is 32.1. The third-order valence-corrected chi connectivity index (χ3v) is 3.47. The SMILES string of the molecule is O=C(/C=C/c1csc([N+](=O)[O-])c1)c1ccc([N+](=O)[O-])cc1. The van der Waals surface area contributed by atoms with E-state index in [1.54, 1.807) is 5.38 Å². The fourth-order valence-corrected chi connectivity index (χ4v) is 2.23. The van der Waals surface area contributed by atoms with E-state index in [2.05, 4.69) is 0 Å². The maximum Gasteiger partial charge on any atom is 0.324 e. The van der Waals surface area contributed by atoms with Crippen molar-refractivity contribution in [3.8, 4) is 0 Å². The highest BCUT2D eigenvalue weighted by Crippen LogP contribution is 2.23. The van der Waals surface area contributed by atoms with Crippen molar-refractivity contribution in [2.75, 3.05) is 0 Å². The third-order valence-electron chi connectivity index (χ3n) is 2.58. The van der Waals surface area contributed by atoms with Crippen LogP contribution in [0.2, 0.25) is 0 Å². The van der Waals surface area contributed by atoms with E-state index in [1.807, 2.05) is 0 Å². The first-order valence-electron chi connectivity index (χ1n) is 5.67. The number of rotatable bonds is 5. The molecule has 0 atom stereocenters. The van der Waals surface area contributed by atoms with Gasteiger partial charge in [-0.3, -0.25) is 25.0 Å². The van der Waals surface area contributed by atoms with Crippen LogP contribution in [0.4, 0.5) is 10.7 Å². The van der Waals surface area contributed by atoms with Gasteiger partial charge in [0.05, 0.1) is 9.85 Å². The molecule has 0 radical (unpaired) electrons. The Morgan fingerprint density at radius 1 is 1.10 bits per heavy atom.